The first-order valence-electron chi connectivity index (χ1n) is 10.2. The molecule has 9 nitrogen and oxygen atoms in total. The van der Waals surface area contributed by atoms with E-state index in [0.717, 1.165) is 42.1 Å². The number of thiazole rings is 1. The maximum Gasteiger partial charge on any atom is 0.332 e. The molecule has 160 valence electrons. The molecule has 1 N–H and O–H groups in total. The van der Waals surface area contributed by atoms with E-state index >= 15 is 0 Å². The summed E-state index contributed by atoms with van der Waals surface area (Å²) in [5, 5.41) is 6.49. The van der Waals surface area contributed by atoms with E-state index in [-0.39, 0.29) is 17.5 Å². The number of fused-ring (bicyclic) bond motifs is 1. The lowest BCUT2D eigenvalue weighted by Gasteiger charge is -2.32. The fourth-order valence-electron chi connectivity index (χ4n) is 4.13. The first kappa shape index (κ1) is 20.4. The van der Waals surface area contributed by atoms with Gasteiger partial charge in [0.25, 0.3) is 11.5 Å². The van der Waals surface area contributed by atoms with Gasteiger partial charge in [0.2, 0.25) is 0 Å². The zero-order valence-electron chi connectivity index (χ0n) is 17.4. The van der Waals surface area contributed by atoms with Gasteiger partial charge in [-0.25, -0.2) is 9.78 Å². The number of carbonyl (C=O) groups is 1. The molecule has 0 radical (unpaired) electrons. The van der Waals surface area contributed by atoms with Crippen LogP contribution in [0, 0.1) is 0 Å². The van der Waals surface area contributed by atoms with Crippen molar-refractivity contribution in [3.63, 3.8) is 0 Å². The van der Waals surface area contributed by atoms with Gasteiger partial charge in [0.05, 0.1) is 5.39 Å². The van der Waals surface area contributed by atoms with E-state index < -0.39 is 5.69 Å². The summed E-state index contributed by atoms with van der Waals surface area (Å²) in [6.45, 7) is 4.23. The fourth-order valence-corrected chi connectivity index (χ4v) is 4.82. The van der Waals surface area contributed by atoms with E-state index in [2.05, 4.69) is 15.2 Å². The quantitative estimate of drug-likeness (QED) is 0.659. The molecule has 10 heteroatoms. The largest absolute Gasteiger partial charge is 0.348 e. The van der Waals surface area contributed by atoms with Gasteiger partial charge in [0, 0.05) is 51.3 Å². The minimum absolute atomic E-state index is 0.0634. The van der Waals surface area contributed by atoms with E-state index in [9.17, 15) is 14.4 Å². The lowest BCUT2D eigenvalue weighted by molar-refractivity contribution is 0.0922. The highest BCUT2D eigenvalue weighted by Gasteiger charge is 2.25. The lowest BCUT2D eigenvalue weighted by Crippen LogP contribution is -2.45. The summed E-state index contributed by atoms with van der Waals surface area (Å²) in [7, 11) is 3.09. The first-order chi connectivity index (χ1) is 14.4. The van der Waals surface area contributed by atoms with Crippen LogP contribution in [-0.2, 0) is 20.6 Å². The van der Waals surface area contributed by atoms with Crippen molar-refractivity contribution < 1.29 is 4.79 Å². The predicted molar refractivity (Wildman–Crippen MR) is 118 cm³/mol. The monoisotopic (exact) mass is 430 g/mol. The van der Waals surface area contributed by atoms with E-state index in [1.807, 2.05) is 12.3 Å². The van der Waals surface area contributed by atoms with Crippen molar-refractivity contribution in [2.24, 2.45) is 14.1 Å². The Bertz CT molecular complexity index is 1180. The summed E-state index contributed by atoms with van der Waals surface area (Å²) in [5.41, 5.74) is 0.138. The first-order valence-corrected chi connectivity index (χ1v) is 11.0. The molecule has 4 heterocycles. The normalized spacial score (nSPS) is 15.1. The average Bonchev–Trinajstić information content (AvgIpc) is 3.40. The van der Waals surface area contributed by atoms with Crippen molar-refractivity contribution in [3.05, 3.63) is 44.2 Å². The van der Waals surface area contributed by atoms with Gasteiger partial charge in [-0.3, -0.25) is 18.7 Å². The SMILES string of the molecule is CCCn1c(C(=O)NC2CCN(c3nccs3)CC2)cc2c(=O)n(C)c(=O)n(C)c21. The number of amides is 1. The molecule has 1 aliphatic rings. The van der Waals surface area contributed by atoms with Crippen LogP contribution < -0.4 is 21.5 Å². The molecule has 0 bridgehead atoms. The van der Waals surface area contributed by atoms with Gasteiger partial charge >= 0.3 is 5.69 Å². The van der Waals surface area contributed by atoms with Gasteiger partial charge in [-0.15, -0.1) is 11.3 Å². The number of anilines is 1. The fraction of sp³-hybridized carbons (Fsp3) is 0.500. The number of hydrogen-bond donors (Lipinski definition) is 1. The molecule has 1 saturated heterocycles. The molecule has 0 saturated carbocycles. The summed E-state index contributed by atoms with van der Waals surface area (Å²) in [6, 6.07) is 1.68. The van der Waals surface area contributed by atoms with Crippen LogP contribution in [0.4, 0.5) is 5.13 Å². The molecule has 0 aromatic carbocycles. The highest BCUT2D eigenvalue weighted by molar-refractivity contribution is 7.13. The maximum atomic E-state index is 13.1. The third-order valence-corrected chi connectivity index (χ3v) is 6.53. The third-order valence-electron chi connectivity index (χ3n) is 5.69. The van der Waals surface area contributed by atoms with Gasteiger partial charge in [-0.2, -0.15) is 0 Å². The smallest absolute Gasteiger partial charge is 0.332 e. The van der Waals surface area contributed by atoms with Crippen LogP contribution in [-0.4, -0.2) is 43.7 Å². The average molecular weight is 431 g/mol. The van der Waals surface area contributed by atoms with E-state index in [4.69, 9.17) is 0 Å². The van der Waals surface area contributed by atoms with Gasteiger partial charge < -0.3 is 14.8 Å². The second-order valence-corrected chi connectivity index (χ2v) is 8.55. The Morgan fingerprint density at radius 3 is 2.60 bits per heavy atom. The zero-order valence-corrected chi connectivity index (χ0v) is 18.2. The zero-order chi connectivity index (χ0) is 21.4. The van der Waals surface area contributed by atoms with Crippen molar-refractivity contribution in [1.29, 1.82) is 0 Å². The van der Waals surface area contributed by atoms with E-state index in [1.165, 1.54) is 11.6 Å². The molecule has 3 aromatic rings. The summed E-state index contributed by atoms with van der Waals surface area (Å²) < 4.78 is 4.31. The Morgan fingerprint density at radius 1 is 1.23 bits per heavy atom. The minimum Gasteiger partial charge on any atom is -0.348 e. The molecule has 0 unspecified atom stereocenters. The molecular formula is C20H26N6O3S. The predicted octanol–water partition coefficient (Wildman–Crippen LogP) is 1.30. The van der Waals surface area contributed by atoms with Crippen LogP contribution in [0.15, 0.2) is 27.2 Å². The molecule has 3 aromatic heterocycles. The van der Waals surface area contributed by atoms with Crippen molar-refractivity contribution in [1.82, 2.24) is 24.0 Å². The number of aromatic nitrogens is 4. The Hall–Kier alpha value is -2.88. The van der Waals surface area contributed by atoms with Crippen molar-refractivity contribution in [3.8, 4) is 0 Å². The van der Waals surface area contributed by atoms with Crippen LogP contribution in [0.5, 0.6) is 0 Å². The van der Waals surface area contributed by atoms with E-state index in [1.54, 1.807) is 35.2 Å². The minimum atomic E-state index is -0.399. The summed E-state index contributed by atoms with van der Waals surface area (Å²) >= 11 is 1.62. The lowest BCUT2D eigenvalue weighted by atomic mass is 10.1. The Morgan fingerprint density at radius 2 is 1.97 bits per heavy atom. The van der Waals surface area contributed by atoms with Crippen molar-refractivity contribution in [2.45, 2.75) is 38.8 Å². The van der Waals surface area contributed by atoms with Gasteiger partial charge in [0.1, 0.15) is 11.3 Å². The van der Waals surface area contributed by atoms with E-state index in [0.29, 0.717) is 23.3 Å². The number of aryl methyl sites for hydroxylation is 2. The van der Waals surface area contributed by atoms with Crippen LogP contribution in [0.3, 0.4) is 0 Å². The van der Waals surface area contributed by atoms with Crippen LogP contribution in [0.2, 0.25) is 0 Å². The number of hydrogen-bond acceptors (Lipinski definition) is 6. The molecule has 0 spiro atoms. The van der Waals surface area contributed by atoms with Crippen molar-refractivity contribution in [2.75, 3.05) is 18.0 Å². The number of nitrogens with one attached hydrogen (secondary N) is 1. The van der Waals surface area contributed by atoms with Crippen molar-refractivity contribution >= 4 is 33.4 Å². The van der Waals surface area contributed by atoms with Gasteiger partial charge in [0.15, 0.2) is 5.13 Å². The van der Waals surface area contributed by atoms with Crippen LogP contribution >= 0.6 is 11.3 Å². The highest BCUT2D eigenvalue weighted by Crippen LogP contribution is 2.22. The topological polar surface area (TPSA) is 94.2 Å². The van der Waals surface area contributed by atoms with Gasteiger partial charge in [-0.1, -0.05) is 6.92 Å². The number of carbonyl (C=O) groups excluding carboxylic acids is 1. The Kier molecular flexibility index (Phi) is 5.50. The standard InChI is InChI=1S/C20H26N6O3S/c1-4-8-26-15(12-14-17(26)23(2)20(29)24(3)18(14)28)16(27)22-13-5-9-25(10-6-13)19-21-7-11-30-19/h7,11-13H,4-6,8-10H2,1-3H3,(H,22,27). The molecule has 0 aliphatic carbocycles. The Labute approximate surface area is 177 Å². The molecule has 0 atom stereocenters. The Balaban J connectivity index is 1.60. The van der Waals surface area contributed by atoms with Crippen LogP contribution in [0.1, 0.15) is 36.7 Å². The molecule has 4 rings (SSSR count). The second kappa shape index (κ2) is 8.10. The van der Waals surface area contributed by atoms with Crippen LogP contribution in [0.25, 0.3) is 11.0 Å². The van der Waals surface area contributed by atoms with Gasteiger partial charge in [-0.05, 0) is 25.3 Å². The number of nitrogens with zero attached hydrogens (tertiary/aromatic N) is 5. The summed E-state index contributed by atoms with van der Waals surface area (Å²) in [5.74, 6) is -0.207. The number of rotatable bonds is 5. The highest BCUT2D eigenvalue weighted by atomic mass is 32.1. The molecule has 1 aliphatic heterocycles. The molecule has 1 amide bonds. The summed E-state index contributed by atoms with van der Waals surface area (Å²) in [4.78, 5) is 44.7. The molecule has 30 heavy (non-hydrogen) atoms. The second-order valence-electron chi connectivity index (χ2n) is 7.67. The third kappa shape index (κ3) is 3.45. The summed E-state index contributed by atoms with van der Waals surface area (Å²) in [6.07, 6.45) is 4.25. The number of piperidine rings is 1. The maximum absolute atomic E-state index is 13.1. The molecular weight excluding hydrogens is 404 g/mol. The molecule has 1 fully saturated rings.